The molecular weight excluding hydrogens is 234 g/mol. The predicted octanol–water partition coefficient (Wildman–Crippen LogP) is 2.69. The molecule has 0 unspecified atom stereocenters. The normalized spacial score (nSPS) is 17.1. The van der Waals surface area contributed by atoms with Crippen LogP contribution in [0.2, 0.25) is 0 Å². The fourth-order valence-corrected chi connectivity index (χ4v) is 2.84. The molecule has 1 fully saturated rings. The van der Waals surface area contributed by atoms with Gasteiger partial charge in [-0.25, -0.2) is 0 Å². The monoisotopic (exact) mass is 262 g/mol. The second kappa shape index (κ2) is 8.98. The first kappa shape index (κ1) is 14.4. The number of benzene rings is 1. The minimum atomic E-state index is 0.860. The maximum atomic E-state index is 5.71. The van der Waals surface area contributed by atoms with Gasteiger partial charge in [-0.3, -0.25) is 0 Å². The van der Waals surface area contributed by atoms with Gasteiger partial charge in [0, 0.05) is 0 Å². The van der Waals surface area contributed by atoms with Crippen molar-refractivity contribution in [3.8, 4) is 5.75 Å². The molecule has 0 atom stereocenters. The summed E-state index contributed by atoms with van der Waals surface area (Å²) >= 11 is 0. The third-order valence-electron chi connectivity index (χ3n) is 4.00. The van der Waals surface area contributed by atoms with Crippen molar-refractivity contribution < 1.29 is 9.64 Å². The molecule has 19 heavy (non-hydrogen) atoms. The first-order chi connectivity index (χ1) is 9.45. The number of para-hydroxylation sites is 1. The van der Waals surface area contributed by atoms with Crippen molar-refractivity contribution >= 4 is 0 Å². The van der Waals surface area contributed by atoms with Crippen LogP contribution in [0.3, 0.4) is 0 Å². The molecule has 1 aliphatic heterocycles. The van der Waals surface area contributed by atoms with E-state index in [0.29, 0.717) is 0 Å². The third-order valence-corrected chi connectivity index (χ3v) is 4.00. The van der Waals surface area contributed by atoms with Gasteiger partial charge in [0.15, 0.2) is 0 Å². The van der Waals surface area contributed by atoms with Gasteiger partial charge in [0.25, 0.3) is 0 Å². The van der Waals surface area contributed by atoms with Crippen molar-refractivity contribution in [1.82, 2.24) is 0 Å². The highest BCUT2D eigenvalue weighted by Crippen LogP contribution is 2.09. The molecule has 1 aromatic carbocycles. The fraction of sp³-hybridized carbons (Fsp3) is 0.647. The summed E-state index contributed by atoms with van der Waals surface area (Å²) in [6.45, 7) is 5.03. The Morgan fingerprint density at radius 3 is 2.32 bits per heavy atom. The van der Waals surface area contributed by atoms with Gasteiger partial charge < -0.3 is 9.64 Å². The Balaban J connectivity index is 1.48. The molecule has 2 rings (SSSR count). The van der Waals surface area contributed by atoms with Crippen LogP contribution in [0.25, 0.3) is 0 Å². The Labute approximate surface area is 117 Å². The van der Waals surface area contributed by atoms with E-state index in [0.717, 1.165) is 12.4 Å². The van der Waals surface area contributed by atoms with E-state index in [4.69, 9.17) is 4.74 Å². The van der Waals surface area contributed by atoms with E-state index < -0.39 is 0 Å². The van der Waals surface area contributed by atoms with Crippen molar-refractivity contribution in [2.45, 2.75) is 44.9 Å². The van der Waals surface area contributed by atoms with Gasteiger partial charge >= 0.3 is 0 Å². The Morgan fingerprint density at radius 2 is 1.58 bits per heavy atom. The zero-order chi connectivity index (χ0) is 13.2. The van der Waals surface area contributed by atoms with Gasteiger partial charge in [-0.1, -0.05) is 18.2 Å². The van der Waals surface area contributed by atoms with Crippen LogP contribution in [0, 0.1) is 0 Å². The quantitative estimate of drug-likeness (QED) is 0.746. The number of hydrogen-bond donors (Lipinski definition) is 1. The molecule has 1 aliphatic rings. The molecule has 0 amide bonds. The number of nitrogens with one attached hydrogen (secondary N) is 1. The van der Waals surface area contributed by atoms with Gasteiger partial charge in [0.1, 0.15) is 5.75 Å². The summed E-state index contributed by atoms with van der Waals surface area (Å²) in [4.78, 5) is 1.83. The average Bonchev–Trinajstić information content (AvgIpc) is 2.72. The first-order valence-corrected chi connectivity index (χ1v) is 7.96. The number of rotatable bonds is 7. The maximum Gasteiger partial charge on any atom is 0.119 e. The van der Waals surface area contributed by atoms with E-state index >= 15 is 0 Å². The largest absolute Gasteiger partial charge is 0.494 e. The molecule has 1 heterocycles. The molecule has 1 saturated heterocycles. The molecule has 0 aliphatic carbocycles. The zero-order valence-corrected chi connectivity index (χ0v) is 12.1. The Bertz CT molecular complexity index is 317. The lowest BCUT2D eigenvalue weighted by Gasteiger charge is -2.16. The Kier molecular flexibility index (Phi) is 6.80. The van der Waals surface area contributed by atoms with E-state index in [1.54, 1.807) is 0 Å². The maximum absolute atomic E-state index is 5.71. The molecular formula is C17H28NO+. The minimum absolute atomic E-state index is 0.860. The fourth-order valence-electron chi connectivity index (χ4n) is 2.84. The summed E-state index contributed by atoms with van der Waals surface area (Å²) in [6.07, 6.45) is 9.62. The topological polar surface area (TPSA) is 13.7 Å². The summed E-state index contributed by atoms with van der Waals surface area (Å²) < 4.78 is 5.71. The highest BCUT2D eigenvalue weighted by molar-refractivity contribution is 5.20. The molecule has 2 heteroatoms. The van der Waals surface area contributed by atoms with Crippen LogP contribution in [0.1, 0.15) is 44.9 Å². The number of unbranched alkanes of at least 4 members (excludes halogenated alkanes) is 2. The number of quaternary nitrogens is 1. The van der Waals surface area contributed by atoms with E-state index in [1.165, 1.54) is 64.6 Å². The van der Waals surface area contributed by atoms with Crippen molar-refractivity contribution in [3.05, 3.63) is 30.3 Å². The molecule has 2 nitrogen and oxygen atoms in total. The highest BCUT2D eigenvalue weighted by atomic mass is 16.5. The van der Waals surface area contributed by atoms with Crippen LogP contribution in [0.5, 0.6) is 5.75 Å². The van der Waals surface area contributed by atoms with E-state index in [-0.39, 0.29) is 0 Å². The summed E-state index contributed by atoms with van der Waals surface area (Å²) in [5.41, 5.74) is 0. The Morgan fingerprint density at radius 1 is 0.842 bits per heavy atom. The van der Waals surface area contributed by atoms with Crippen LogP contribution in [-0.2, 0) is 0 Å². The van der Waals surface area contributed by atoms with Gasteiger partial charge in [0.2, 0.25) is 0 Å². The number of likely N-dealkylation sites (tertiary alicyclic amines) is 1. The van der Waals surface area contributed by atoms with Crippen LogP contribution >= 0.6 is 0 Å². The molecule has 0 aromatic heterocycles. The summed E-state index contributed by atoms with van der Waals surface area (Å²) in [5, 5.41) is 0. The van der Waals surface area contributed by atoms with Gasteiger partial charge in [-0.15, -0.1) is 0 Å². The van der Waals surface area contributed by atoms with Crippen molar-refractivity contribution in [2.75, 3.05) is 26.2 Å². The number of ether oxygens (including phenoxy) is 1. The van der Waals surface area contributed by atoms with Crippen molar-refractivity contribution in [1.29, 1.82) is 0 Å². The first-order valence-electron chi connectivity index (χ1n) is 7.96. The second-order valence-corrected chi connectivity index (χ2v) is 5.64. The predicted molar refractivity (Wildman–Crippen MR) is 79.8 cm³/mol. The van der Waals surface area contributed by atoms with Crippen LogP contribution in [0.15, 0.2) is 30.3 Å². The van der Waals surface area contributed by atoms with E-state index in [1.807, 2.05) is 35.2 Å². The molecule has 1 N–H and O–H groups in total. The summed E-state index contributed by atoms with van der Waals surface area (Å²) in [7, 11) is 0. The smallest absolute Gasteiger partial charge is 0.119 e. The minimum Gasteiger partial charge on any atom is -0.494 e. The lowest BCUT2D eigenvalue weighted by molar-refractivity contribution is -0.899. The molecule has 106 valence electrons. The number of hydrogen-bond acceptors (Lipinski definition) is 1. The molecule has 0 radical (unpaired) electrons. The highest BCUT2D eigenvalue weighted by Gasteiger charge is 2.10. The molecule has 0 spiro atoms. The molecule has 1 aromatic rings. The SMILES string of the molecule is c1ccc(OCCCCC[NH+]2CCCCCC2)cc1. The standard InChI is InChI=1S/C17H27NO/c1-2-8-14-18(13-7-1)15-9-4-10-16-19-17-11-5-3-6-12-17/h3,5-6,11-12H,1-2,4,7-10,13-16H2/p+1. The van der Waals surface area contributed by atoms with Crippen molar-refractivity contribution in [3.63, 3.8) is 0 Å². The van der Waals surface area contributed by atoms with Crippen LogP contribution in [-0.4, -0.2) is 26.2 Å². The second-order valence-electron chi connectivity index (χ2n) is 5.64. The lowest BCUT2D eigenvalue weighted by Crippen LogP contribution is -3.11. The van der Waals surface area contributed by atoms with Crippen LogP contribution in [0.4, 0.5) is 0 Å². The summed E-state index contributed by atoms with van der Waals surface area (Å²) in [6, 6.07) is 10.1. The van der Waals surface area contributed by atoms with E-state index in [2.05, 4.69) is 0 Å². The van der Waals surface area contributed by atoms with E-state index in [9.17, 15) is 0 Å². The van der Waals surface area contributed by atoms with Crippen molar-refractivity contribution in [2.24, 2.45) is 0 Å². The third kappa shape index (κ3) is 6.11. The van der Waals surface area contributed by atoms with Gasteiger partial charge in [-0.2, -0.15) is 0 Å². The molecule has 0 bridgehead atoms. The summed E-state index contributed by atoms with van der Waals surface area (Å²) in [5.74, 6) is 1.00. The average molecular weight is 262 g/mol. The van der Waals surface area contributed by atoms with Crippen LogP contribution < -0.4 is 9.64 Å². The Hall–Kier alpha value is -1.02. The zero-order valence-electron chi connectivity index (χ0n) is 12.1. The molecule has 0 saturated carbocycles. The van der Waals surface area contributed by atoms with Gasteiger partial charge in [-0.05, 0) is 57.1 Å². The van der Waals surface area contributed by atoms with Gasteiger partial charge in [0.05, 0.1) is 26.2 Å². The lowest BCUT2D eigenvalue weighted by atomic mass is 10.2.